The third kappa shape index (κ3) is 4.73. The molecule has 25 heavy (non-hydrogen) atoms. The molecule has 0 bridgehead atoms. The summed E-state index contributed by atoms with van der Waals surface area (Å²) < 4.78 is 5.60. The number of unbranched alkanes of at least 4 members (excludes halogenated alkanes) is 1. The number of aromatic amines is 1. The summed E-state index contributed by atoms with van der Waals surface area (Å²) in [5.41, 5.74) is 2.56. The van der Waals surface area contributed by atoms with Gasteiger partial charge in [0.15, 0.2) is 0 Å². The van der Waals surface area contributed by atoms with Crippen molar-refractivity contribution in [3.63, 3.8) is 0 Å². The van der Waals surface area contributed by atoms with Gasteiger partial charge < -0.3 is 20.4 Å². The molecule has 0 spiro atoms. The van der Waals surface area contributed by atoms with Crippen LogP contribution in [0.4, 0.5) is 10.5 Å². The maximum absolute atomic E-state index is 12.0. The Labute approximate surface area is 146 Å². The number of ether oxygens (including phenoxy) is 1. The Hall–Kier alpha value is -3.02. The van der Waals surface area contributed by atoms with Crippen LogP contribution >= 0.6 is 0 Å². The minimum absolute atomic E-state index is 0.278. The Morgan fingerprint density at radius 2 is 1.96 bits per heavy atom. The number of benzene rings is 2. The number of nitrogens with one attached hydrogen (secondary N) is 3. The van der Waals surface area contributed by atoms with Gasteiger partial charge in [-0.25, -0.2) is 9.78 Å². The van der Waals surface area contributed by atoms with E-state index in [-0.39, 0.29) is 6.03 Å². The largest absolute Gasteiger partial charge is 0.494 e. The summed E-state index contributed by atoms with van der Waals surface area (Å²) in [5, 5.41) is 5.58. The second-order valence-corrected chi connectivity index (χ2v) is 5.73. The lowest BCUT2D eigenvalue weighted by Crippen LogP contribution is -2.28. The molecular formula is C19H22N4O2. The van der Waals surface area contributed by atoms with Crippen molar-refractivity contribution >= 4 is 22.8 Å². The molecule has 130 valence electrons. The van der Waals surface area contributed by atoms with Crippen LogP contribution in [0.2, 0.25) is 0 Å². The summed E-state index contributed by atoms with van der Waals surface area (Å²) in [5.74, 6) is 1.53. The number of aromatic nitrogens is 2. The van der Waals surface area contributed by atoms with E-state index in [2.05, 4.69) is 27.5 Å². The molecule has 0 saturated carbocycles. The SMILES string of the molecule is CCCCOc1ccc(NC(=O)NCc2nc3ccccc3[nH]2)cc1. The highest BCUT2D eigenvalue weighted by Crippen LogP contribution is 2.16. The van der Waals surface area contributed by atoms with Gasteiger partial charge in [0.2, 0.25) is 0 Å². The minimum atomic E-state index is -0.278. The van der Waals surface area contributed by atoms with Gasteiger partial charge in [-0.05, 0) is 42.8 Å². The molecule has 0 aliphatic heterocycles. The molecule has 0 fully saturated rings. The molecule has 0 aliphatic carbocycles. The predicted molar refractivity (Wildman–Crippen MR) is 98.8 cm³/mol. The number of para-hydroxylation sites is 2. The average Bonchev–Trinajstić information content (AvgIpc) is 3.05. The zero-order valence-corrected chi connectivity index (χ0v) is 14.2. The Kier molecular flexibility index (Phi) is 5.51. The predicted octanol–water partition coefficient (Wildman–Crippen LogP) is 4.06. The summed E-state index contributed by atoms with van der Waals surface area (Å²) in [7, 11) is 0. The highest BCUT2D eigenvalue weighted by molar-refractivity contribution is 5.89. The molecule has 0 unspecified atom stereocenters. The fourth-order valence-corrected chi connectivity index (χ4v) is 2.40. The van der Waals surface area contributed by atoms with E-state index in [1.807, 2.05) is 48.5 Å². The van der Waals surface area contributed by atoms with Crippen LogP contribution in [0.25, 0.3) is 11.0 Å². The number of rotatable bonds is 7. The van der Waals surface area contributed by atoms with Crippen LogP contribution in [-0.4, -0.2) is 22.6 Å². The number of anilines is 1. The molecule has 3 aromatic rings. The number of H-pyrrole nitrogens is 1. The lowest BCUT2D eigenvalue weighted by atomic mass is 10.3. The van der Waals surface area contributed by atoms with E-state index in [4.69, 9.17) is 4.74 Å². The highest BCUT2D eigenvalue weighted by Gasteiger charge is 2.05. The third-order valence-corrected chi connectivity index (χ3v) is 3.73. The standard InChI is InChI=1S/C19H22N4O2/c1-2-3-12-25-15-10-8-14(9-11-15)21-19(24)20-13-18-22-16-6-4-5-7-17(16)23-18/h4-11H,2-3,12-13H2,1H3,(H,22,23)(H2,20,21,24). The molecule has 0 radical (unpaired) electrons. The molecule has 0 atom stereocenters. The lowest BCUT2D eigenvalue weighted by molar-refractivity contribution is 0.251. The van der Waals surface area contributed by atoms with Crippen molar-refractivity contribution < 1.29 is 9.53 Å². The number of hydrogen-bond donors (Lipinski definition) is 3. The number of carbonyl (C=O) groups is 1. The van der Waals surface area contributed by atoms with Crippen molar-refractivity contribution in [2.24, 2.45) is 0 Å². The normalized spacial score (nSPS) is 10.6. The molecule has 6 nitrogen and oxygen atoms in total. The second-order valence-electron chi connectivity index (χ2n) is 5.73. The van der Waals surface area contributed by atoms with Crippen LogP contribution in [0.15, 0.2) is 48.5 Å². The van der Waals surface area contributed by atoms with Crippen LogP contribution < -0.4 is 15.4 Å². The molecule has 3 rings (SSSR count). The second kappa shape index (κ2) is 8.19. The maximum Gasteiger partial charge on any atom is 0.319 e. The Balaban J connectivity index is 1.48. The van der Waals surface area contributed by atoms with E-state index in [0.29, 0.717) is 18.8 Å². The molecule has 1 heterocycles. The van der Waals surface area contributed by atoms with E-state index in [1.54, 1.807) is 0 Å². The quantitative estimate of drug-likeness (QED) is 0.568. The van der Waals surface area contributed by atoms with Gasteiger partial charge >= 0.3 is 6.03 Å². The average molecular weight is 338 g/mol. The molecular weight excluding hydrogens is 316 g/mol. The minimum Gasteiger partial charge on any atom is -0.494 e. The van der Waals surface area contributed by atoms with Gasteiger partial charge in [0.05, 0.1) is 24.2 Å². The summed E-state index contributed by atoms with van der Waals surface area (Å²) >= 11 is 0. The Morgan fingerprint density at radius 3 is 2.72 bits per heavy atom. The molecule has 1 aromatic heterocycles. The van der Waals surface area contributed by atoms with Gasteiger partial charge in [0.1, 0.15) is 11.6 Å². The summed E-state index contributed by atoms with van der Waals surface area (Å²) in [6.07, 6.45) is 2.13. The first kappa shape index (κ1) is 16.8. The first-order valence-electron chi connectivity index (χ1n) is 8.46. The van der Waals surface area contributed by atoms with Crippen molar-refractivity contribution in [2.75, 3.05) is 11.9 Å². The topological polar surface area (TPSA) is 79.0 Å². The summed E-state index contributed by atoms with van der Waals surface area (Å²) in [4.78, 5) is 19.6. The van der Waals surface area contributed by atoms with E-state index in [1.165, 1.54) is 0 Å². The van der Waals surface area contributed by atoms with Crippen LogP contribution in [0.1, 0.15) is 25.6 Å². The first-order chi connectivity index (χ1) is 12.2. The number of carbonyl (C=O) groups excluding carboxylic acids is 1. The number of urea groups is 1. The van der Waals surface area contributed by atoms with Crippen LogP contribution in [0.5, 0.6) is 5.75 Å². The molecule has 2 amide bonds. The summed E-state index contributed by atoms with van der Waals surface area (Å²) in [6.45, 7) is 3.17. The lowest BCUT2D eigenvalue weighted by Gasteiger charge is -2.08. The molecule has 0 saturated heterocycles. The zero-order valence-electron chi connectivity index (χ0n) is 14.2. The van der Waals surface area contributed by atoms with Crippen molar-refractivity contribution in [1.82, 2.24) is 15.3 Å². The van der Waals surface area contributed by atoms with E-state index in [0.717, 1.165) is 35.4 Å². The fourth-order valence-electron chi connectivity index (χ4n) is 2.40. The molecule has 2 aromatic carbocycles. The van der Waals surface area contributed by atoms with Gasteiger partial charge in [0, 0.05) is 5.69 Å². The van der Waals surface area contributed by atoms with Crippen LogP contribution in [0.3, 0.4) is 0 Å². The summed E-state index contributed by atoms with van der Waals surface area (Å²) in [6, 6.07) is 14.8. The highest BCUT2D eigenvalue weighted by atomic mass is 16.5. The van der Waals surface area contributed by atoms with Gasteiger partial charge in [0.25, 0.3) is 0 Å². The van der Waals surface area contributed by atoms with E-state index >= 15 is 0 Å². The number of fused-ring (bicyclic) bond motifs is 1. The Morgan fingerprint density at radius 1 is 1.16 bits per heavy atom. The van der Waals surface area contributed by atoms with Crippen molar-refractivity contribution in [3.05, 3.63) is 54.4 Å². The molecule has 6 heteroatoms. The molecule has 0 aliphatic rings. The number of amides is 2. The van der Waals surface area contributed by atoms with Crippen molar-refractivity contribution in [2.45, 2.75) is 26.3 Å². The number of hydrogen-bond acceptors (Lipinski definition) is 3. The van der Waals surface area contributed by atoms with Gasteiger partial charge in [-0.2, -0.15) is 0 Å². The van der Waals surface area contributed by atoms with Crippen molar-refractivity contribution in [3.8, 4) is 5.75 Å². The number of nitrogens with zero attached hydrogens (tertiary/aromatic N) is 1. The smallest absolute Gasteiger partial charge is 0.319 e. The first-order valence-corrected chi connectivity index (χ1v) is 8.46. The molecule has 3 N–H and O–H groups in total. The van der Waals surface area contributed by atoms with Gasteiger partial charge in [-0.1, -0.05) is 25.5 Å². The fraction of sp³-hybridized carbons (Fsp3) is 0.263. The van der Waals surface area contributed by atoms with Crippen LogP contribution in [0, 0.1) is 0 Å². The van der Waals surface area contributed by atoms with Gasteiger partial charge in [-0.15, -0.1) is 0 Å². The third-order valence-electron chi connectivity index (χ3n) is 3.73. The monoisotopic (exact) mass is 338 g/mol. The Bertz CT molecular complexity index is 794. The maximum atomic E-state index is 12.0. The van der Waals surface area contributed by atoms with Gasteiger partial charge in [-0.3, -0.25) is 0 Å². The van der Waals surface area contributed by atoms with Crippen LogP contribution in [-0.2, 0) is 6.54 Å². The van der Waals surface area contributed by atoms with Crippen molar-refractivity contribution in [1.29, 1.82) is 0 Å². The number of imidazole rings is 1. The van der Waals surface area contributed by atoms with E-state index in [9.17, 15) is 4.79 Å². The zero-order chi connectivity index (χ0) is 17.5. The van der Waals surface area contributed by atoms with E-state index < -0.39 is 0 Å².